The maximum atomic E-state index is 12.5. The second kappa shape index (κ2) is 8.14. The molecule has 2 rings (SSSR count). The highest BCUT2D eigenvalue weighted by atomic mass is 16.3. The second-order valence-corrected chi connectivity index (χ2v) is 5.10. The summed E-state index contributed by atoms with van der Waals surface area (Å²) in [4.78, 5) is 24.1. The third-order valence-electron chi connectivity index (χ3n) is 3.36. The summed E-state index contributed by atoms with van der Waals surface area (Å²) in [6.45, 7) is 4.13. The third-order valence-corrected chi connectivity index (χ3v) is 3.36. The normalized spacial score (nSPS) is 13.1. The lowest BCUT2D eigenvalue weighted by molar-refractivity contribution is -0.122. The number of urea groups is 1. The van der Waals surface area contributed by atoms with Crippen molar-refractivity contribution in [2.45, 2.75) is 25.9 Å². The predicted molar refractivity (Wildman–Crippen MR) is 86.7 cm³/mol. The van der Waals surface area contributed by atoms with Gasteiger partial charge in [-0.15, -0.1) is 0 Å². The van der Waals surface area contributed by atoms with E-state index in [1.807, 2.05) is 43.3 Å². The molecule has 122 valence electrons. The zero-order chi connectivity index (χ0) is 16.7. The zero-order valence-corrected chi connectivity index (χ0v) is 13.2. The Bertz CT molecular complexity index is 626. The molecule has 6 nitrogen and oxygen atoms in total. The quantitative estimate of drug-likeness (QED) is 0.765. The van der Waals surface area contributed by atoms with Crippen molar-refractivity contribution in [3.63, 3.8) is 0 Å². The van der Waals surface area contributed by atoms with Gasteiger partial charge in [0.15, 0.2) is 0 Å². The number of carbonyl (C=O) groups is 2. The molecule has 1 heterocycles. The van der Waals surface area contributed by atoms with Gasteiger partial charge in [0.2, 0.25) is 5.91 Å². The molecule has 0 bridgehead atoms. The van der Waals surface area contributed by atoms with Crippen molar-refractivity contribution >= 4 is 11.9 Å². The van der Waals surface area contributed by atoms with Gasteiger partial charge in [-0.1, -0.05) is 30.3 Å². The Morgan fingerprint density at radius 3 is 2.48 bits per heavy atom. The van der Waals surface area contributed by atoms with Crippen molar-refractivity contribution in [1.82, 2.24) is 16.0 Å². The van der Waals surface area contributed by atoms with E-state index < -0.39 is 18.0 Å². The summed E-state index contributed by atoms with van der Waals surface area (Å²) in [5.74, 6) is 0.303. The Morgan fingerprint density at radius 1 is 1.13 bits per heavy atom. The van der Waals surface area contributed by atoms with Crippen LogP contribution in [0.25, 0.3) is 0 Å². The second-order valence-electron chi connectivity index (χ2n) is 5.10. The Balaban J connectivity index is 2.15. The molecule has 0 fully saturated rings. The molecule has 0 saturated carbocycles. The number of rotatable bonds is 6. The van der Waals surface area contributed by atoms with E-state index in [0.717, 1.165) is 11.3 Å². The van der Waals surface area contributed by atoms with Crippen LogP contribution in [-0.4, -0.2) is 18.5 Å². The molecule has 2 aromatic rings. The van der Waals surface area contributed by atoms with Crippen molar-refractivity contribution < 1.29 is 14.0 Å². The topological polar surface area (TPSA) is 83.4 Å². The van der Waals surface area contributed by atoms with Crippen LogP contribution in [0.2, 0.25) is 0 Å². The number of hydrogen-bond acceptors (Lipinski definition) is 4. The number of benzene rings is 1. The smallest absolute Gasteiger partial charge is 0.321 e. The Morgan fingerprint density at radius 2 is 1.87 bits per heavy atom. The van der Waals surface area contributed by atoms with E-state index in [0.29, 0.717) is 6.54 Å². The highest BCUT2D eigenvalue weighted by Crippen LogP contribution is 2.20. The van der Waals surface area contributed by atoms with Gasteiger partial charge in [-0.05, 0) is 31.5 Å². The van der Waals surface area contributed by atoms with E-state index in [4.69, 9.17) is 4.42 Å². The fraction of sp³-hybridized carbons (Fsp3) is 0.294. The van der Waals surface area contributed by atoms with Crippen LogP contribution in [0.1, 0.15) is 37.3 Å². The predicted octanol–water partition coefficient (Wildman–Crippen LogP) is 2.52. The lowest BCUT2D eigenvalue weighted by Gasteiger charge is -2.22. The monoisotopic (exact) mass is 315 g/mol. The van der Waals surface area contributed by atoms with Gasteiger partial charge in [-0.2, -0.15) is 0 Å². The summed E-state index contributed by atoms with van der Waals surface area (Å²) in [5, 5.41) is 8.09. The minimum atomic E-state index is -0.668. The average Bonchev–Trinajstić information content (AvgIpc) is 3.07. The minimum absolute atomic E-state index is 0.185. The van der Waals surface area contributed by atoms with Gasteiger partial charge >= 0.3 is 6.03 Å². The van der Waals surface area contributed by atoms with Crippen LogP contribution in [0, 0.1) is 0 Å². The van der Waals surface area contributed by atoms with Gasteiger partial charge in [0.1, 0.15) is 11.8 Å². The van der Waals surface area contributed by atoms with Crippen LogP contribution >= 0.6 is 0 Å². The van der Waals surface area contributed by atoms with Crippen LogP contribution in [0.4, 0.5) is 4.79 Å². The Hall–Kier alpha value is -2.60. The number of carbonyl (C=O) groups excluding carboxylic acids is 2. The molecule has 0 spiro atoms. The molecule has 23 heavy (non-hydrogen) atoms. The van der Waals surface area contributed by atoms with Gasteiger partial charge in [-0.25, -0.2) is 4.79 Å². The van der Waals surface area contributed by atoms with Crippen molar-refractivity contribution in [2.75, 3.05) is 6.54 Å². The SMILES string of the molecule is CCNC(=O)NC(=O)[C@@H](N[C@@H](C)c1ccco1)c1ccccc1. The van der Waals surface area contributed by atoms with Crippen LogP contribution in [0.5, 0.6) is 0 Å². The highest BCUT2D eigenvalue weighted by Gasteiger charge is 2.25. The fourth-order valence-corrected chi connectivity index (χ4v) is 2.23. The van der Waals surface area contributed by atoms with Crippen molar-refractivity contribution in [2.24, 2.45) is 0 Å². The molecule has 0 aliphatic heterocycles. The van der Waals surface area contributed by atoms with E-state index >= 15 is 0 Å². The first-order valence-corrected chi connectivity index (χ1v) is 7.55. The lowest BCUT2D eigenvalue weighted by atomic mass is 10.0. The van der Waals surface area contributed by atoms with Crippen molar-refractivity contribution in [3.05, 3.63) is 60.1 Å². The first-order chi connectivity index (χ1) is 11.1. The van der Waals surface area contributed by atoms with E-state index in [-0.39, 0.29) is 6.04 Å². The van der Waals surface area contributed by atoms with Gasteiger partial charge in [0, 0.05) is 6.54 Å². The van der Waals surface area contributed by atoms with E-state index in [1.54, 1.807) is 19.3 Å². The first kappa shape index (κ1) is 16.8. The largest absolute Gasteiger partial charge is 0.468 e. The van der Waals surface area contributed by atoms with Crippen LogP contribution in [-0.2, 0) is 4.79 Å². The van der Waals surface area contributed by atoms with Crippen LogP contribution in [0.15, 0.2) is 53.1 Å². The van der Waals surface area contributed by atoms with Gasteiger partial charge in [0.05, 0.1) is 12.3 Å². The standard InChI is InChI=1S/C17H21N3O3/c1-3-18-17(22)20-16(21)15(13-8-5-4-6-9-13)19-12(2)14-10-7-11-23-14/h4-12,15,19H,3H2,1-2H3,(H2,18,20,21,22)/t12-,15-/m0/s1. The lowest BCUT2D eigenvalue weighted by Crippen LogP contribution is -2.45. The van der Waals surface area contributed by atoms with Gasteiger partial charge in [-0.3, -0.25) is 15.4 Å². The summed E-state index contributed by atoms with van der Waals surface area (Å²) >= 11 is 0. The Kier molecular flexibility index (Phi) is 5.94. The summed E-state index contributed by atoms with van der Waals surface area (Å²) in [6.07, 6.45) is 1.58. The highest BCUT2D eigenvalue weighted by molar-refractivity contribution is 5.97. The van der Waals surface area contributed by atoms with Crippen LogP contribution in [0.3, 0.4) is 0 Å². The molecule has 0 unspecified atom stereocenters. The summed E-state index contributed by atoms with van der Waals surface area (Å²) in [5.41, 5.74) is 0.771. The van der Waals surface area contributed by atoms with Gasteiger partial charge in [0.25, 0.3) is 0 Å². The third kappa shape index (κ3) is 4.69. The number of furan rings is 1. The molecule has 1 aromatic heterocycles. The number of nitrogens with one attached hydrogen (secondary N) is 3. The number of imide groups is 1. The molecule has 0 saturated heterocycles. The average molecular weight is 315 g/mol. The molecule has 1 aromatic carbocycles. The molecule has 0 aliphatic carbocycles. The minimum Gasteiger partial charge on any atom is -0.468 e. The maximum Gasteiger partial charge on any atom is 0.321 e. The maximum absolute atomic E-state index is 12.5. The fourth-order valence-electron chi connectivity index (χ4n) is 2.23. The molecular weight excluding hydrogens is 294 g/mol. The number of amides is 3. The van der Waals surface area contributed by atoms with E-state index in [1.165, 1.54) is 0 Å². The Labute approximate surface area is 135 Å². The van der Waals surface area contributed by atoms with E-state index in [9.17, 15) is 9.59 Å². The first-order valence-electron chi connectivity index (χ1n) is 7.55. The zero-order valence-electron chi connectivity index (χ0n) is 13.2. The number of hydrogen-bond donors (Lipinski definition) is 3. The van der Waals surface area contributed by atoms with Crippen molar-refractivity contribution in [1.29, 1.82) is 0 Å². The molecule has 3 N–H and O–H groups in total. The summed E-state index contributed by atoms with van der Waals surface area (Å²) in [7, 11) is 0. The summed E-state index contributed by atoms with van der Waals surface area (Å²) < 4.78 is 5.36. The molecule has 2 atom stereocenters. The van der Waals surface area contributed by atoms with E-state index in [2.05, 4.69) is 16.0 Å². The molecule has 0 radical (unpaired) electrons. The molecule has 6 heteroatoms. The molecule has 3 amide bonds. The molecular formula is C17H21N3O3. The molecule has 0 aliphatic rings. The van der Waals surface area contributed by atoms with Crippen LogP contribution < -0.4 is 16.0 Å². The van der Waals surface area contributed by atoms with Crippen molar-refractivity contribution in [3.8, 4) is 0 Å². The van der Waals surface area contributed by atoms with Gasteiger partial charge < -0.3 is 9.73 Å². The summed E-state index contributed by atoms with van der Waals surface area (Å²) in [6, 6.07) is 11.5.